The van der Waals surface area contributed by atoms with E-state index in [4.69, 9.17) is 0 Å². The van der Waals surface area contributed by atoms with Gasteiger partial charge < -0.3 is 16.0 Å². The number of aromatic nitrogens is 4. The van der Waals surface area contributed by atoms with Crippen molar-refractivity contribution in [2.45, 2.75) is 71.3 Å². The van der Waals surface area contributed by atoms with E-state index in [9.17, 15) is 14.4 Å². The molecule has 3 amide bonds. The van der Waals surface area contributed by atoms with Crippen molar-refractivity contribution in [3.63, 3.8) is 0 Å². The molecule has 4 rings (SSSR count). The first kappa shape index (κ1) is 31.4. The minimum absolute atomic E-state index is 0.0565. The van der Waals surface area contributed by atoms with Crippen LogP contribution in [0.2, 0.25) is 0 Å². The molecule has 43 heavy (non-hydrogen) atoms. The van der Waals surface area contributed by atoms with Crippen molar-refractivity contribution in [2.75, 3.05) is 10.6 Å². The van der Waals surface area contributed by atoms with Gasteiger partial charge in [0.1, 0.15) is 5.01 Å². The smallest absolute Gasteiger partial charge is 0.230 e. The summed E-state index contributed by atoms with van der Waals surface area (Å²) in [7, 11) is 0. The van der Waals surface area contributed by atoms with Crippen molar-refractivity contribution in [1.29, 1.82) is 0 Å². The van der Waals surface area contributed by atoms with Crippen LogP contribution in [0.3, 0.4) is 0 Å². The van der Waals surface area contributed by atoms with Crippen LogP contribution in [0, 0.1) is 0 Å². The highest BCUT2D eigenvalue weighted by molar-refractivity contribution is 7.15. The van der Waals surface area contributed by atoms with Crippen LogP contribution in [0.5, 0.6) is 0 Å². The van der Waals surface area contributed by atoms with E-state index in [2.05, 4.69) is 36.3 Å². The number of benzene rings is 2. The van der Waals surface area contributed by atoms with E-state index < -0.39 is 0 Å². The highest BCUT2D eigenvalue weighted by atomic mass is 32.1. The van der Waals surface area contributed by atoms with Crippen LogP contribution >= 0.6 is 11.3 Å². The van der Waals surface area contributed by atoms with Crippen molar-refractivity contribution >= 4 is 40.0 Å². The molecule has 2 aromatic heterocycles. The highest BCUT2D eigenvalue weighted by Crippen LogP contribution is 2.18. The van der Waals surface area contributed by atoms with Crippen LogP contribution in [-0.4, -0.2) is 43.7 Å². The van der Waals surface area contributed by atoms with Crippen molar-refractivity contribution in [3.05, 3.63) is 94.1 Å². The van der Waals surface area contributed by atoms with Crippen molar-refractivity contribution < 1.29 is 14.4 Å². The SMILES string of the molecule is CC(C)(C)NC(=O)Cc1cccc(CC(=O)Nc2ccc(CCCCc3nnc(NC(=O)Cc4ccccc4)s3)nn2)c1. The average molecular weight is 600 g/mol. The molecule has 3 N–H and O–H groups in total. The number of nitrogens with zero attached hydrogens (tertiary/aromatic N) is 4. The first-order valence-corrected chi connectivity index (χ1v) is 15.1. The van der Waals surface area contributed by atoms with E-state index in [1.165, 1.54) is 11.3 Å². The standard InChI is InChI=1S/C32H37N7O3S/c1-32(2,3)35-29(42)21-24-13-9-12-23(18-24)20-27(40)33-26-17-16-25(36-37-26)14-7-8-15-30-38-39-31(43-30)34-28(41)19-22-10-5-4-6-11-22/h4-6,9-13,16-18H,7-8,14-15,19-21H2,1-3H3,(H,35,42)(H,33,37,40)(H,34,39,41). The fraction of sp³-hybridized carbons (Fsp3) is 0.344. The maximum absolute atomic E-state index is 12.6. The van der Waals surface area contributed by atoms with Gasteiger partial charge in [-0.2, -0.15) is 5.10 Å². The minimum atomic E-state index is -0.292. The van der Waals surface area contributed by atoms with E-state index in [1.54, 1.807) is 6.07 Å². The lowest BCUT2D eigenvalue weighted by molar-refractivity contribution is -0.122. The van der Waals surface area contributed by atoms with Gasteiger partial charge in [-0.25, -0.2) is 0 Å². The summed E-state index contributed by atoms with van der Waals surface area (Å²) in [5, 5.41) is 26.6. The first-order chi connectivity index (χ1) is 20.6. The third-order valence-corrected chi connectivity index (χ3v) is 7.12. The summed E-state index contributed by atoms with van der Waals surface area (Å²) in [5.41, 5.74) is 3.17. The van der Waals surface area contributed by atoms with Gasteiger partial charge in [0.2, 0.25) is 22.9 Å². The van der Waals surface area contributed by atoms with Gasteiger partial charge >= 0.3 is 0 Å². The number of amides is 3. The molecule has 0 aliphatic carbocycles. The van der Waals surface area contributed by atoms with E-state index in [1.807, 2.05) is 81.4 Å². The largest absolute Gasteiger partial charge is 0.351 e. The molecule has 4 aromatic rings. The average Bonchev–Trinajstić information content (AvgIpc) is 3.38. The maximum Gasteiger partial charge on any atom is 0.230 e. The Hall–Kier alpha value is -4.51. The Morgan fingerprint density at radius 3 is 2.02 bits per heavy atom. The fourth-order valence-electron chi connectivity index (χ4n) is 4.36. The van der Waals surface area contributed by atoms with Gasteiger partial charge in [0.05, 0.1) is 25.0 Å². The summed E-state index contributed by atoms with van der Waals surface area (Å²) in [5.74, 6) is 0.0222. The van der Waals surface area contributed by atoms with E-state index >= 15 is 0 Å². The van der Waals surface area contributed by atoms with Crippen molar-refractivity contribution in [3.8, 4) is 0 Å². The molecule has 11 heteroatoms. The van der Waals surface area contributed by atoms with Crippen LogP contribution in [0.15, 0.2) is 66.7 Å². The third kappa shape index (κ3) is 11.4. The van der Waals surface area contributed by atoms with Gasteiger partial charge in [0.25, 0.3) is 0 Å². The van der Waals surface area contributed by atoms with Crippen LogP contribution in [0.4, 0.5) is 10.9 Å². The summed E-state index contributed by atoms with van der Waals surface area (Å²) in [6, 6.07) is 20.7. The third-order valence-electron chi connectivity index (χ3n) is 6.22. The molecule has 0 spiro atoms. The molecule has 0 unspecified atom stereocenters. The number of nitrogens with one attached hydrogen (secondary N) is 3. The van der Waals surface area contributed by atoms with E-state index in [0.29, 0.717) is 17.4 Å². The number of anilines is 2. The molecular weight excluding hydrogens is 562 g/mol. The molecule has 0 radical (unpaired) electrons. The summed E-state index contributed by atoms with van der Waals surface area (Å²) < 4.78 is 0. The molecule has 0 aliphatic heterocycles. The molecule has 10 nitrogen and oxygen atoms in total. The first-order valence-electron chi connectivity index (χ1n) is 14.3. The molecule has 0 aliphatic rings. The van der Waals surface area contributed by atoms with Crippen LogP contribution in [0.1, 0.15) is 61.0 Å². The Kier molecular flexibility index (Phi) is 11.0. The second-order valence-electron chi connectivity index (χ2n) is 11.3. The molecular formula is C32H37N7O3S. The lowest BCUT2D eigenvalue weighted by Crippen LogP contribution is -2.41. The highest BCUT2D eigenvalue weighted by Gasteiger charge is 2.15. The predicted molar refractivity (Wildman–Crippen MR) is 168 cm³/mol. The normalized spacial score (nSPS) is 11.1. The molecule has 0 saturated heterocycles. The van der Waals surface area contributed by atoms with Crippen LogP contribution < -0.4 is 16.0 Å². The van der Waals surface area contributed by atoms with Crippen LogP contribution in [0.25, 0.3) is 0 Å². The molecule has 2 heterocycles. The maximum atomic E-state index is 12.6. The zero-order valence-corrected chi connectivity index (χ0v) is 25.5. The molecule has 0 bridgehead atoms. The predicted octanol–water partition coefficient (Wildman–Crippen LogP) is 4.71. The van der Waals surface area contributed by atoms with Gasteiger partial charge in [-0.15, -0.1) is 15.3 Å². The molecule has 2 aromatic carbocycles. The Labute approximate surface area is 255 Å². The van der Waals surface area contributed by atoms with Crippen molar-refractivity contribution in [2.24, 2.45) is 0 Å². The molecule has 0 saturated carbocycles. The Morgan fingerprint density at radius 2 is 1.33 bits per heavy atom. The molecule has 0 fully saturated rings. The Balaban J connectivity index is 1.15. The minimum Gasteiger partial charge on any atom is -0.351 e. The zero-order chi connectivity index (χ0) is 30.7. The van der Waals surface area contributed by atoms with Crippen molar-refractivity contribution in [1.82, 2.24) is 25.7 Å². The van der Waals surface area contributed by atoms with E-state index in [0.717, 1.165) is 53.1 Å². The summed E-state index contributed by atoms with van der Waals surface area (Å²) in [6.07, 6.45) is 4.01. The van der Waals surface area contributed by atoms with Crippen LogP contribution in [-0.2, 0) is 46.5 Å². The monoisotopic (exact) mass is 599 g/mol. The summed E-state index contributed by atoms with van der Waals surface area (Å²) in [4.78, 5) is 37.1. The number of rotatable bonds is 13. The van der Waals surface area contributed by atoms with Gasteiger partial charge in [-0.1, -0.05) is 65.9 Å². The second-order valence-corrected chi connectivity index (χ2v) is 12.4. The number of carbonyl (C=O) groups is 3. The van der Waals surface area contributed by atoms with E-state index in [-0.39, 0.29) is 36.1 Å². The number of aryl methyl sites for hydroxylation is 2. The summed E-state index contributed by atoms with van der Waals surface area (Å²) >= 11 is 1.39. The Bertz CT molecular complexity index is 1520. The molecule has 0 atom stereocenters. The topological polar surface area (TPSA) is 139 Å². The Morgan fingerprint density at radius 1 is 0.674 bits per heavy atom. The van der Waals surface area contributed by atoms with Gasteiger partial charge in [-0.3, -0.25) is 14.4 Å². The quantitative estimate of drug-likeness (QED) is 0.189. The number of hydrogen-bond acceptors (Lipinski definition) is 8. The van der Waals surface area contributed by atoms with Gasteiger partial charge in [-0.05, 0) is 68.9 Å². The second kappa shape index (κ2) is 15.1. The number of unbranched alkanes of at least 4 members (excludes halogenated alkanes) is 1. The van der Waals surface area contributed by atoms with Gasteiger partial charge in [0.15, 0.2) is 5.82 Å². The zero-order valence-electron chi connectivity index (χ0n) is 24.7. The number of carbonyl (C=O) groups excluding carboxylic acids is 3. The lowest BCUT2D eigenvalue weighted by Gasteiger charge is -2.20. The lowest BCUT2D eigenvalue weighted by atomic mass is 10.0. The molecule has 224 valence electrons. The number of hydrogen-bond donors (Lipinski definition) is 3. The fourth-order valence-corrected chi connectivity index (χ4v) is 5.16. The summed E-state index contributed by atoms with van der Waals surface area (Å²) in [6.45, 7) is 5.82. The van der Waals surface area contributed by atoms with Gasteiger partial charge in [0, 0.05) is 12.0 Å².